The fourth-order valence-corrected chi connectivity index (χ4v) is 4.77. The van der Waals surface area contributed by atoms with E-state index in [1.807, 2.05) is 0 Å². The normalized spacial score (nSPS) is 18.7. The van der Waals surface area contributed by atoms with Crippen LogP contribution in [0.3, 0.4) is 0 Å². The van der Waals surface area contributed by atoms with E-state index in [-0.39, 0.29) is 22.6 Å². The first-order valence-electron chi connectivity index (χ1n) is 7.88. The SMILES string of the molecule is Cn1cnc(S(=O)(=O)N2CCCC(C(=O)Nc3ccc(Cl)cn3)C2)c1Cl. The minimum Gasteiger partial charge on any atom is -0.324 e. The molecule has 2 aromatic heterocycles. The topological polar surface area (TPSA) is 97.2 Å². The Balaban J connectivity index is 1.73. The first-order valence-corrected chi connectivity index (χ1v) is 10.1. The van der Waals surface area contributed by atoms with Gasteiger partial charge in [0.1, 0.15) is 11.0 Å². The molecule has 1 atom stereocenters. The number of amides is 1. The van der Waals surface area contributed by atoms with Crippen LogP contribution < -0.4 is 5.32 Å². The predicted octanol–water partition coefficient (Wildman–Crippen LogP) is 2.16. The van der Waals surface area contributed by atoms with E-state index in [4.69, 9.17) is 23.2 Å². The first kappa shape index (κ1) is 19.1. The average molecular weight is 418 g/mol. The molecule has 2 aromatic rings. The third-order valence-corrected chi connectivity index (χ3v) is 6.73. The minimum atomic E-state index is -3.86. The summed E-state index contributed by atoms with van der Waals surface area (Å²) < 4.78 is 28.3. The van der Waals surface area contributed by atoms with Crippen LogP contribution in [0.2, 0.25) is 10.2 Å². The summed E-state index contributed by atoms with van der Waals surface area (Å²) in [5.41, 5.74) is 0. The summed E-state index contributed by atoms with van der Waals surface area (Å²) in [6.45, 7) is 0.382. The number of nitrogens with one attached hydrogen (secondary N) is 1. The zero-order valence-corrected chi connectivity index (χ0v) is 16.2. The van der Waals surface area contributed by atoms with Gasteiger partial charge in [0.25, 0.3) is 10.0 Å². The zero-order chi connectivity index (χ0) is 18.9. The zero-order valence-electron chi connectivity index (χ0n) is 13.9. The van der Waals surface area contributed by atoms with E-state index in [9.17, 15) is 13.2 Å². The lowest BCUT2D eigenvalue weighted by atomic mass is 9.99. The maximum absolute atomic E-state index is 12.8. The number of pyridine rings is 1. The molecule has 11 heteroatoms. The Bertz CT molecular complexity index is 914. The number of imidazole rings is 1. The molecule has 0 aliphatic carbocycles. The summed E-state index contributed by atoms with van der Waals surface area (Å²) in [6.07, 6.45) is 3.92. The molecule has 140 valence electrons. The summed E-state index contributed by atoms with van der Waals surface area (Å²) in [5, 5.41) is 3.00. The van der Waals surface area contributed by atoms with Gasteiger partial charge in [-0.05, 0) is 25.0 Å². The minimum absolute atomic E-state index is 0.0435. The van der Waals surface area contributed by atoms with Gasteiger partial charge in [-0.2, -0.15) is 4.31 Å². The summed E-state index contributed by atoms with van der Waals surface area (Å²) in [4.78, 5) is 20.4. The molecular weight excluding hydrogens is 401 g/mol. The fourth-order valence-electron chi connectivity index (χ4n) is 2.74. The van der Waals surface area contributed by atoms with Crippen molar-refractivity contribution in [3.63, 3.8) is 0 Å². The molecule has 1 N–H and O–H groups in total. The van der Waals surface area contributed by atoms with Gasteiger partial charge in [-0.3, -0.25) is 4.79 Å². The summed E-state index contributed by atoms with van der Waals surface area (Å²) in [6, 6.07) is 3.20. The van der Waals surface area contributed by atoms with E-state index in [1.165, 1.54) is 21.4 Å². The van der Waals surface area contributed by atoms with Crippen LogP contribution in [0.5, 0.6) is 0 Å². The lowest BCUT2D eigenvalue weighted by Crippen LogP contribution is -2.43. The van der Waals surface area contributed by atoms with Gasteiger partial charge in [-0.1, -0.05) is 23.2 Å². The van der Waals surface area contributed by atoms with Gasteiger partial charge in [0, 0.05) is 26.3 Å². The maximum atomic E-state index is 12.8. The first-order chi connectivity index (χ1) is 12.3. The molecule has 26 heavy (non-hydrogen) atoms. The number of aryl methyl sites for hydroxylation is 1. The van der Waals surface area contributed by atoms with Crippen molar-refractivity contribution in [2.24, 2.45) is 13.0 Å². The van der Waals surface area contributed by atoms with Crippen LogP contribution in [0, 0.1) is 5.92 Å². The van der Waals surface area contributed by atoms with E-state index in [1.54, 1.807) is 19.2 Å². The van der Waals surface area contributed by atoms with Crippen molar-refractivity contribution >= 4 is 45.0 Å². The Hall–Kier alpha value is -1.68. The third kappa shape index (κ3) is 3.85. The van der Waals surface area contributed by atoms with Gasteiger partial charge in [0.2, 0.25) is 10.9 Å². The summed E-state index contributed by atoms with van der Waals surface area (Å²) >= 11 is 11.8. The van der Waals surface area contributed by atoms with Crippen molar-refractivity contribution in [3.8, 4) is 0 Å². The molecule has 8 nitrogen and oxygen atoms in total. The van der Waals surface area contributed by atoms with Crippen LogP contribution in [0.25, 0.3) is 0 Å². The molecule has 1 fully saturated rings. The van der Waals surface area contributed by atoms with Gasteiger partial charge >= 0.3 is 0 Å². The van der Waals surface area contributed by atoms with Crippen molar-refractivity contribution < 1.29 is 13.2 Å². The Morgan fingerprint density at radius 1 is 1.31 bits per heavy atom. The van der Waals surface area contributed by atoms with E-state index in [0.29, 0.717) is 30.2 Å². The molecule has 0 aromatic carbocycles. The Kier molecular flexibility index (Phi) is 5.52. The van der Waals surface area contributed by atoms with Crippen molar-refractivity contribution in [1.82, 2.24) is 18.8 Å². The third-order valence-electron chi connectivity index (χ3n) is 4.15. The van der Waals surface area contributed by atoms with Crippen molar-refractivity contribution in [2.75, 3.05) is 18.4 Å². The molecule has 0 spiro atoms. The smallest absolute Gasteiger partial charge is 0.263 e. The number of carbonyl (C=O) groups is 1. The van der Waals surface area contributed by atoms with Gasteiger partial charge in [-0.25, -0.2) is 18.4 Å². The monoisotopic (exact) mass is 417 g/mol. The lowest BCUT2D eigenvalue weighted by molar-refractivity contribution is -0.120. The van der Waals surface area contributed by atoms with E-state index in [0.717, 1.165) is 0 Å². The molecule has 3 heterocycles. The number of rotatable bonds is 4. The number of hydrogen-bond acceptors (Lipinski definition) is 5. The van der Waals surface area contributed by atoms with Crippen LogP contribution >= 0.6 is 23.2 Å². The van der Waals surface area contributed by atoms with Gasteiger partial charge in [0.15, 0.2) is 0 Å². The molecule has 1 unspecified atom stereocenters. The number of nitrogens with zero attached hydrogens (tertiary/aromatic N) is 4. The Morgan fingerprint density at radius 3 is 2.69 bits per heavy atom. The molecule has 0 bridgehead atoms. The number of aromatic nitrogens is 3. The number of anilines is 1. The second kappa shape index (κ2) is 7.51. The lowest BCUT2D eigenvalue weighted by Gasteiger charge is -2.30. The molecular formula is C15H17Cl2N5O3S. The van der Waals surface area contributed by atoms with Crippen LogP contribution in [0.15, 0.2) is 29.7 Å². The van der Waals surface area contributed by atoms with E-state index < -0.39 is 15.9 Å². The second-order valence-corrected chi connectivity index (χ2v) is 8.65. The van der Waals surface area contributed by atoms with E-state index in [2.05, 4.69) is 15.3 Å². The van der Waals surface area contributed by atoms with Gasteiger partial charge < -0.3 is 9.88 Å². The standard InChI is InChI=1S/C15H17Cl2N5O3S/c1-21-9-19-15(13(21)17)26(24,25)22-6-2-3-10(8-22)14(23)20-12-5-4-11(16)7-18-12/h4-5,7,9-10H,2-3,6,8H2,1H3,(H,18,20,23). The number of piperidine rings is 1. The van der Waals surface area contributed by atoms with E-state index >= 15 is 0 Å². The highest BCUT2D eigenvalue weighted by Crippen LogP contribution is 2.27. The summed E-state index contributed by atoms with van der Waals surface area (Å²) in [5.74, 6) is -0.405. The van der Waals surface area contributed by atoms with Crippen LogP contribution in [0.1, 0.15) is 12.8 Å². The molecule has 1 amide bonds. The van der Waals surface area contributed by atoms with Crippen molar-refractivity contribution in [1.29, 1.82) is 0 Å². The molecule has 1 aliphatic rings. The Labute approximate surface area is 161 Å². The number of hydrogen-bond donors (Lipinski definition) is 1. The van der Waals surface area contributed by atoms with Crippen molar-refractivity contribution in [3.05, 3.63) is 34.8 Å². The second-order valence-electron chi connectivity index (χ2n) is 6.00. The molecule has 0 saturated carbocycles. The Morgan fingerprint density at radius 2 is 2.08 bits per heavy atom. The molecule has 3 rings (SSSR count). The van der Waals surface area contributed by atoms with Crippen molar-refractivity contribution in [2.45, 2.75) is 17.9 Å². The number of halogens is 2. The number of sulfonamides is 1. The highest BCUT2D eigenvalue weighted by atomic mass is 35.5. The largest absolute Gasteiger partial charge is 0.324 e. The number of carbonyl (C=O) groups excluding carboxylic acids is 1. The molecule has 1 aliphatic heterocycles. The molecule has 0 radical (unpaired) electrons. The van der Waals surface area contributed by atoms with Gasteiger partial charge in [0.05, 0.1) is 17.3 Å². The highest BCUT2D eigenvalue weighted by Gasteiger charge is 2.36. The summed E-state index contributed by atoms with van der Waals surface area (Å²) in [7, 11) is -2.25. The van der Waals surface area contributed by atoms with Gasteiger partial charge in [-0.15, -0.1) is 0 Å². The average Bonchev–Trinajstić information content (AvgIpc) is 2.97. The highest BCUT2D eigenvalue weighted by molar-refractivity contribution is 7.89. The van der Waals surface area contributed by atoms with Crippen LogP contribution in [-0.4, -0.2) is 46.3 Å². The quantitative estimate of drug-likeness (QED) is 0.821. The predicted molar refractivity (Wildman–Crippen MR) is 97.6 cm³/mol. The van der Waals surface area contributed by atoms with Crippen LogP contribution in [-0.2, 0) is 21.9 Å². The fraction of sp³-hybridized carbons (Fsp3) is 0.400. The molecule has 1 saturated heterocycles. The van der Waals surface area contributed by atoms with Crippen LogP contribution in [0.4, 0.5) is 5.82 Å². The maximum Gasteiger partial charge on any atom is 0.263 e.